The minimum absolute atomic E-state index is 0.0457. The van der Waals surface area contributed by atoms with Crippen molar-refractivity contribution in [3.8, 4) is 11.5 Å². The molecule has 2 aromatic carbocycles. The topological polar surface area (TPSA) is 76.2 Å². The van der Waals surface area contributed by atoms with Crippen LogP contribution in [-0.2, 0) is 9.84 Å². The fraction of sp³-hybridized carbons (Fsp3) is 0.316. The van der Waals surface area contributed by atoms with E-state index in [-0.39, 0.29) is 17.5 Å². The van der Waals surface area contributed by atoms with Gasteiger partial charge in [-0.05, 0) is 36.4 Å². The van der Waals surface area contributed by atoms with Crippen molar-refractivity contribution in [3.63, 3.8) is 0 Å². The number of benzene rings is 2. The molecule has 2 aliphatic heterocycles. The van der Waals surface area contributed by atoms with Crippen molar-refractivity contribution >= 4 is 27.2 Å². The van der Waals surface area contributed by atoms with Gasteiger partial charge in [-0.2, -0.15) is 0 Å². The van der Waals surface area contributed by atoms with Crippen LogP contribution < -0.4 is 19.3 Å². The fourth-order valence-corrected chi connectivity index (χ4v) is 5.73. The average Bonchev–Trinajstić information content (AvgIpc) is 3.10. The number of urea groups is 1. The van der Waals surface area contributed by atoms with Gasteiger partial charge in [0.1, 0.15) is 11.5 Å². The van der Waals surface area contributed by atoms with Gasteiger partial charge in [0.05, 0.1) is 37.8 Å². The Morgan fingerprint density at radius 1 is 0.852 bits per heavy atom. The number of hydrogen-bond donors (Lipinski definition) is 0. The summed E-state index contributed by atoms with van der Waals surface area (Å²) in [6, 6.07) is 13.1. The first-order valence-electron chi connectivity index (χ1n) is 8.54. The lowest BCUT2D eigenvalue weighted by molar-refractivity contribution is 0.255. The first-order valence-corrected chi connectivity index (χ1v) is 10.4. The van der Waals surface area contributed by atoms with Crippen LogP contribution in [0.5, 0.6) is 11.5 Å². The zero-order chi connectivity index (χ0) is 19.2. The minimum Gasteiger partial charge on any atom is -0.497 e. The van der Waals surface area contributed by atoms with E-state index in [1.807, 2.05) is 0 Å². The predicted molar refractivity (Wildman–Crippen MR) is 103 cm³/mol. The molecule has 0 bridgehead atoms. The van der Waals surface area contributed by atoms with Crippen molar-refractivity contribution < 1.29 is 22.7 Å². The number of methoxy groups -OCH3 is 2. The highest BCUT2D eigenvalue weighted by atomic mass is 32.2. The van der Waals surface area contributed by atoms with Gasteiger partial charge in [-0.25, -0.2) is 13.2 Å². The summed E-state index contributed by atoms with van der Waals surface area (Å²) < 4.78 is 35.1. The zero-order valence-electron chi connectivity index (χ0n) is 15.0. The first kappa shape index (κ1) is 17.7. The van der Waals surface area contributed by atoms with Crippen LogP contribution in [0, 0.1) is 0 Å². The third kappa shape index (κ3) is 2.99. The van der Waals surface area contributed by atoms with Crippen LogP contribution in [0.15, 0.2) is 48.5 Å². The van der Waals surface area contributed by atoms with Gasteiger partial charge in [0, 0.05) is 17.4 Å². The fourth-order valence-electron chi connectivity index (χ4n) is 3.81. The third-order valence-electron chi connectivity index (χ3n) is 5.05. The lowest BCUT2D eigenvalue weighted by Gasteiger charge is -2.23. The van der Waals surface area contributed by atoms with Gasteiger partial charge in [-0.1, -0.05) is 6.07 Å². The number of rotatable bonds is 4. The molecule has 2 amide bonds. The van der Waals surface area contributed by atoms with Crippen LogP contribution in [0.2, 0.25) is 0 Å². The number of ether oxygens (including phenoxy) is 2. The molecule has 0 unspecified atom stereocenters. The van der Waals surface area contributed by atoms with E-state index < -0.39 is 21.9 Å². The summed E-state index contributed by atoms with van der Waals surface area (Å²) in [4.78, 5) is 16.4. The van der Waals surface area contributed by atoms with Crippen molar-refractivity contribution in [2.24, 2.45) is 0 Å². The van der Waals surface area contributed by atoms with Crippen LogP contribution in [0.4, 0.5) is 16.2 Å². The van der Waals surface area contributed by atoms with Crippen molar-refractivity contribution in [1.82, 2.24) is 0 Å². The van der Waals surface area contributed by atoms with Gasteiger partial charge in [-0.3, -0.25) is 9.80 Å². The van der Waals surface area contributed by atoms with Crippen LogP contribution in [0.1, 0.15) is 0 Å². The van der Waals surface area contributed by atoms with Crippen LogP contribution in [0.3, 0.4) is 0 Å². The van der Waals surface area contributed by atoms with Crippen molar-refractivity contribution in [2.75, 3.05) is 35.5 Å². The highest BCUT2D eigenvalue weighted by molar-refractivity contribution is 7.91. The van der Waals surface area contributed by atoms with E-state index in [2.05, 4.69) is 0 Å². The lowest BCUT2D eigenvalue weighted by Crippen LogP contribution is -2.37. The molecule has 0 radical (unpaired) electrons. The molecule has 2 saturated heterocycles. The zero-order valence-corrected chi connectivity index (χ0v) is 15.8. The smallest absolute Gasteiger partial charge is 0.329 e. The van der Waals surface area contributed by atoms with Crippen LogP contribution >= 0.6 is 0 Å². The standard InChI is InChI=1S/C19H20N2O5S/c1-25-15-8-6-13(7-9-15)20-17-11-27(23,24)12-18(17)21(19(20)22)14-4-3-5-16(10-14)26-2/h3-10,17-18H,11-12H2,1-2H3/t17-,18+/m0/s1. The van der Waals surface area contributed by atoms with E-state index in [1.54, 1.807) is 72.6 Å². The number of hydrogen-bond acceptors (Lipinski definition) is 5. The molecule has 0 spiro atoms. The van der Waals surface area contributed by atoms with Crippen molar-refractivity contribution in [1.29, 1.82) is 0 Å². The monoisotopic (exact) mass is 388 g/mol. The van der Waals surface area contributed by atoms with Gasteiger partial charge in [0.2, 0.25) is 0 Å². The Morgan fingerprint density at radius 3 is 2.04 bits per heavy atom. The van der Waals surface area contributed by atoms with Crippen molar-refractivity contribution in [3.05, 3.63) is 48.5 Å². The molecule has 2 aromatic rings. The Morgan fingerprint density at radius 2 is 1.44 bits per heavy atom. The molecule has 0 saturated carbocycles. The SMILES string of the molecule is COc1ccc(N2C(=O)N(c3cccc(OC)c3)[C@@H]3CS(=O)(=O)C[C@@H]32)cc1. The quantitative estimate of drug-likeness (QED) is 0.752. The van der Waals surface area contributed by atoms with Gasteiger partial charge in [0.15, 0.2) is 9.84 Å². The van der Waals surface area contributed by atoms with Gasteiger partial charge < -0.3 is 9.47 Å². The molecule has 4 rings (SSSR count). The van der Waals surface area contributed by atoms with E-state index in [0.717, 1.165) is 0 Å². The highest BCUT2D eigenvalue weighted by Crippen LogP contribution is 2.39. The van der Waals surface area contributed by atoms with Crippen LogP contribution in [0.25, 0.3) is 0 Å². The van der Waals surface area contributed by atoms with Crippen molar-refractivity contribution in [2.45, 2.75) is 12.1 Å². The molecule has 8 heteroatoms. The molecule has 142 valence electrons. The highest BCUT2D eigenvalue weighted by Gasteiger charge is 2.54. The Kier molecular flexibility index (Phi) is 4.22. The number of sulfone groups is 1. The summed E-state index contributed by atoms with van der Waals surface area (Å²) in [5.74, 6) is 1.19. The first-order chi connectivity index (χ1) is 12.9. The van der Waals surface area contributed by atoms with Gasteiger partial charge >= 0.3 is 6.03 Å². The molecular formula is C19H20N2O5S. The maximum atomic E-state index is 13.3. The number of carbonyl (C=O) groups is 1. The normalized spacial score (nSPS) is 23.4. The van der Waals surface area contributed by atoms with E-state index in [9.17, 15) is 13.2 Å². The minimum atomic E-state index is -3.23. The molecule has 2 fully saturated rings. The third-order valence-corrected chi connectivity index (χ3v) is 6.75. The summed E-state index contributed by atoms with van der Waals surface area (Å²) in [6.07, 6.45) is 0. The largest absolute Gasteiger partial charge is 0.497 e. The maximum Gasteiger partial charge on any atom is 0.329 e. The summed E-state index contributed by atoms with van der Waals surface area (Å²) in [6.45, 7) is 0. The van der Waals surface area contributed by atoms with Gasteiger partial charge in [-0.15, -0.1) is 0 Å². The van der Waals surface area contributed by atoms with E-state index in [0.29, 0.717) is 22.9 Å². The molecular weight excluding hydrogens is 368 g/mol. The number of anilines is 2. The molecule has 27 heavy (non-hydrogen) atoms. The molecule has 2 aliphatic rings. The molecule has 2 heterocycles. The molecule has 0 N–H and O–H groups in total. The van der Waals surface area contributed by atoms with E-state index in [4.69, 9.17) is 9.47 Å². The molecule has 7 nitrogen and oxygen atoms in total. The summed E-state index contributed by atoms with van der Waals surface area (Å²) >= 11 is 0. The number of amides is 2. The summed E-state index contributed by atoms with van der Waals surface area (Å²) in [5, 5.41) is 0. The number of nitrogens with zero attached hydrogens (tertiary/aromatic N) is 2. The van der Waals surface area contributed by atoms with Gasteiger partial charge in [0.25, 0.3) is 0 Å². The molecule has 0 aromatic heterocycles. The molecule has 0 aliphatic carbocycles. The summed E-state index contributed by atoms with van der Waals surface area (Å²) in [5.41, 5.74) is 1.28. The van der Waals surface area contributed by atoms with E-state index in [1.165, 1.54) is 0 Å². The second-order valence-corrected chi connectivity index (χ2v) is 8.79. The Hall–Kier alpha value is -2.74. The molecule has 2 atom stereocenters. The lowest BCUT2D eigenvalue weighted by atomic mass is 10.1. The summed E-state index contributed by atoms with van der Waals surface area (Å²) in [7, 11) is -0.108. The van der Waals surface area contributed by atoms with E-state index >= 15 is 0 Å². The maximum absolute atomic E-state index is 13.3. The Labute approximate surface area is 158 Å². The second kappa shape index (κ2) is 6.45. The average molecular weight is 388 g/mol. The Bertz CT molecular complexity index is 974. The number of carbonyl (C=O) groups excluding carboxylic acids is 1. The second-order valence-electron chi connectivity index (χ2n) is 6.63. The predicted octanol–water partition coefficient (Wildman–Crippen LogP) is 2.32. The number of fused-ring (bicyclic) bond motifs is 1. The Balaban J connectivity index is 1.77. The van der Waals surface area contributed by atoms with Crippen LogP contribution in [-0.4, -0.2) is 52.3 Å².